The number of rotatable bonds is 9. The molecule has 0 spiro atoms. The molecule has 1 rings (SSSR count). The van der Waals surface area contributed by atoms with Gasteiger partial charge in [0.05, 0.1) is 43.7 Å². The summed E-state index contributed by atoms with van der Waals surface area (Å²) in [4.78, 5) is 14.1. The van der Waals surface area contributed by atoms with Crippen molar-refractivity contribution in [2.75, 3.05) is 26.8 Å². The van der Waals surface area contributed by atoms with Gasteiger partial charge in [0, 0.05) is 18.7 Å². The summed E-state index contributed by atoms with van der Waals surface area (Å²) in [6.07, 6.45) is 1.20. The number of carbonyl (C=O) groups excluding carboxylic acids is 1. The minimum Gasteiger partial charge on any atom is -0.493 e. The third kappa shape index (κ3) is 5.33. The first-order valence-electron chi connectivity index (χ1n) is 7.62. The SMILES string of the molecule is CCCOc1c(Cl)cc(C(=O)N(CCC#N)CCC#N)cc1OC. The highest BCUT2D eigenvalue weighted by molar-refractivity contribution is 6.32. The van der Waals surface area contributed by atoms with E-state index in [1.807, 2.05) is 19.1 Å². The van der Waals surface area contributed by atoms with Crippen LogP contribution in [-0.2, 0) is 0 Å². The number of nitriles is 2. The van der Waals surface area contributed by atoms with Crippen LogP contribution in [-0.4, -0.2) is 37.6 Å². The Labute approximate surface area is 147 Å². The standard InChI is InChI=1S/C17H20ClN3O3/c1-3-10-24-16-14(18)11-13(12-15(16)23-2)17(22)21(8-4-6-19)9-5-7-20/h11-12H,3-5,8-10H2,1-2H3. The fraction of sp³-hybridized carbons (Fsp3) is 0.471. The average molecular weight is 350 g/mol. The Morgan fingerprint density at radius 1 is 1.25 bits per heavy atom. The fourth-order valence-electron chi connectivity index (χ4n) is 2.05. The summed E-state index contributed by atoms with van der Waals surface area (Å²) in [6, 6.07) is 7.08. The lowest BCUT2D eigenvalue weighted by Crippen LogP contribution is -2.32. The molecule has 0 N–H and O–H groups in total. The van der Waals surface area contributed by atoms with Crippen LogP contribution in [0.1, 0.15) is 36.5 Å². The smallest absolute Gasteiger partial charge is 0.254 e. The van der Waals surface area contributed by atoms with Gasteiger partial charge in [0.1, 0.15) is 0 Å². The van der Waals surface area contributed by atoms with Gasteiger partial charge in [-0.25, -0.2) is 0 Å². The highest BCUT2D eigenvalue weighted by Gasteiger charge is 2.20. The lowest BCUT2D eigenvalue weighted by molar-refractivity contribution is 0.0762. The van der Waals surface area contributed by atoms with Gasteiger partial charge in [-0.2, -0.15) is 10.5 Å². The highest BCUT2D eigenvalue weighted by atomic mass is 35.5. The maximum absolute atomic E-state index is 12.7. The number of amides is 1. The Kier molecular flexibility index (Phi) is 8.46. The van der Waals surface area contributed by atoms with E-state index in [4.69, 9.17) is 31.6 Å². The summed E-state index contributed by atoms with van der Waals surface area (Å²) in [6.45, 7) is 2.97. The quantitative estimate of drug-likeness (QED) is 0.681. The van der Waals surface area contributed by atoms with E-state index in [2.05, 4.69) is 0 Å². The molecular formula is C17H20ClN3O3. The number of carbonyl (C=O) groups is 1. The first kappa shape index (κ1) is 19.6. The van der Waals surface area contributed by atoms with E-state index in [9.17, 15) is 4.79 Å². The summed E-state index contributed by atoms with van der Waals surface area (Å²) < 4.78 is 10.8. The minimum atomic E-state index is -0.303. The van der Waals surface area contributed by atoms with Crippen molar-refractivity contribution in [2.45, 2.75) is 26.2 Å². The molecule has 1 aromatic carbocycles. The van der Waals surface area contributed by atoms with Crippen molar-refractivity contribution in [1.82, 2.24) is 4.90 Å². The van der Waals surface area contributed by atoms with Gasteiger partial charge >= 0.3 is 0 Å². The van der Waals surface area contributed by atoms with Crippen LogP contribution in [0.2, 0.25) is 5.02 Å². The molecule has 24 heavy (non-hydrogen) atoms. The lowest BCUT2D eigenvalue weighted by atomic mass is 10.1. The van der Waals surface area contributed by atoms with Gasteiger partial charge in [-0.15, -0.1) is 0 Å². The van der Waals surface area contributed by atoms with Gasteiger partial charge in [-0.1, -0.05) is 18.5 Å². The Bertz CT molecular complexity index is 632. The Balaban J connectivity index is 3.09. The third-order valence-corrected chi connectivity index (χ3v) is 3.48. The predicted molar refractivity (Wildman–Crippen MR) is 90.2 cm³/mol. The normalized spacial score (nSPS) is 9.71. The van der Waals surface area contributed by atoms with E-state index in [1.54, 1.807) is 6.07 Å². The largest absolute Gasteiger partial charge is 0.493 e. The van der Waals surface area contributed by atoms with Crippen molar-refractivity contribution in [1.29, 1.82) is 10.5 Å². The molecule has 0 fully saturated rings. The van der Waals surface area contributed by atoms with Crippen LogP contribution in [0.3, 0.4) is 0 Å². The van der Waals surface area contributed by atoms with Crippen molar-refractivity contribution in [3.63, 3.8) is 0 Å². The van der Waals surface area contributed by atoms with Crippen LogP contribution in [0, 0.1) is 22.7 Å². The van der Waals surface area contributed by atoms with Gasteiger partial charge in [0.2, 0.25) is 0 Å². The second-order valence-electron chi connectivity index (χ2n) is 4.95. The van der Waals surface area contributed by atoms with E-state index >= 15 is 0 Å². The number of nitrogens with zero attached hydrogens (tertiary/aromatic N) is 3. The first-order valence-corrected chi connectivity index (χ1v) is 8.00. The summed E-state index contributed by atoms with van der Waals surface area (Å²) in [5, 5.41) is 17.7. The molecule has 128 valence electrons. The maximum Gasteiger partial charge on any atom is 0.254 e. The van der Waals surface area contributed by atoms with E-state index in [-0.39, 0.29) is 36.9 Å². The third-order valence-electron chi connectivity index (χ3n) is 3.20. The lowest BCUT2D eigenvalue weighted by Gasteiger charge is -2.21. The molecule has 0 atom stereocenters. The Morgan fingerprint density at radius 3 is 2.38 bits per heavy atom. The van der Waals surface area contributed by atoms with Crippen LogP contribution in [0.5, 0.6) is 11.5 Å². The second-order valence-corrected chi connectivity index (χ2v) is 5.35. The molecule has 7 heteroatoms. The zero-order chi connectivity index (χ0) is 17.9. The Hall–Kier alpha value is -2.44. The zero-order valence-electron chi connectivity index (χ0n) is 13.8. The number of methoxy groups -OCH3 is 1. The van der Waals surface area contributed by atoms with Gasteiger partial charge in [-0.3, -0.25) is 4.79 Å². The molecule has 0 heterocycles. The number of ether oxygens (including phenoxy) is 2. The summed E-state index contributed by atoms with van der Waals surface area (Å²) in [5.74, 6) is 0.473. The molecule has 6 nitrogen and oxygen atoms in total. The molecule has 0 aliphatic heterocycles. The summed E-state index contributed by atoms with van der Waals surface area (Å²) >= 11 is 6.23. The van der Waals surface area contributed by atoms with Gasteiger partial charge in [0.25, 0.3) is 5.91 Å². The van der Waals surface area contributed by atoms with Crippen LogP contribution >= 0.6 is 11.6 Å². The number of hydrogen-bond donors (Lipinski definition) is 0. The highest BCUT2D eigenvalue weighted by Crippen LogP contribution is 2.36. The molecular weight excluding hydrogens is 330 g/mol. The molecule has 0 saturated carbocycles. The van der Waals surface area contributed by atoms with Crippen molar-refractivity contribution >= 4 is 17.5 Å². The molecule has 0 unspecified atom stereocenters. The molecule has 0 saturated heterocycles. The van der Waals surface area contributed by atoms with E-state index in [0.717, 1.165) is 6.42 Å². The van der Waals surface area contributed by atoms with Crippen LogP contribution < -0.4 is 9.47 Å². The first-order chi connectivity index (χ1) is 11.6. The zero-order valence-corrected chi connectivity index (χ0v) is 14.6. The van der Waals surface area contributed by atoms with Crippen LogP contribution in [0.4, 0.5) is 0 Å². The van der Waals surface area contributed by atoms with Crippen molar-refractivity contribution in [3.05, 3.63) is 22.7 Å². The van der Waals surface area contributed by atoms with Gasteiger partial charge in [-0.05, 0) is 18.6 Å². The molecule has 0 bridgehead atoms. The Morgan fingerprint density at radius 2 is 1.88 bits per heavy atom. The fourth-order valence-corrected chi connectivity index (χ4v) is 2.32. The maximum atomic E-state index is 12.7. The molecule has 1 amide bonds. The monoisotopic (exact) mass is 349 g/mol. The topological polar surface area (TPSA) is 86.4 Å². The number of benzene rings is 1. The average Bonchev–Trinajstić information content (AvgIpc) is 2.59. The molecule has 1 aromatic rings. The number of halogens is 1. The van der Waals surface area contributed by atoms with Gasteiger partial charge < -0.3 is 14.4 Å². The molecule has 0 aliphatic carbocycles. The van der Waals surface area contributed by atoms with E-state index in [1.165, 1.54) is 18.1 Å². The summed E-state index contributed by atoms with van der Waals surface area (Å²) in [5.41, 5.74) is 0.330. The molecule has 0 aromatic heterocycles. The molecule has 0 aliphatic rings. The van der Waals surface area contributed by atoms with Crippen molar-refractivity contribution in [3.8, 4) is 23.6 Å². The number of hydrogen-bond acceptors (Lipinski definition) is 5. The minimum absolute atomic E-state index is 0.194. The van der Waals surface area contributed by atoms with Crippen LogP contribution in [0.25, 0.3) is 0 Å². The van der Waals surface area contributed by atoms with E-state index < -0.39 is 0 Å². The predicted octanol–water partition coefficient (Wildman–Crippen LogP) is 3.41. The second kappa shape index (κ2) is 10.4. The van der Waals surface area contributed by atoms with Gasteiger partial charge in [0.15, 0.2) is 11.5 Å². The van der Waals surface area contributed by atoms with E-state index in [0.29, 0.717) is 23.7 Å². The summed E-state index contributed by atoms with van der Waals surface area (Å²) in [7, 11) is 1.47. The van der Waals surface area contributed by atoms with Crippen LogP contribution in [0.15, 0.2) is 12.1 Å². The van der Waals surface area contributed by atoms with Crippen molar-refractivity contribution < 1.29 is 14.3 Å². The van der Waals surface area contributed by atoms with Crippen molar-refractivity contribution in [2.24, 2.45) is 0 Å². The molecule has 0 radical (unpaired) electrons.